The van der Waals surface area contributed by atoms with E-state index in [1.54, 1.807) is 0 Å². The van der Waals surface area contributed by atoms with Crippen molar-refractivity contribution in [2.24, 2.45) is 0 Å². The molecular weight excluding hydrogens is 233 g/mol. The van der Waals surface area contributed by atoms with Crippen LogP contribution in [0.1, 0.15) is 38.5 Å². The van der Waals surface area contributed by atoms with E-state index in [0.717, 1.165) is 32.2 Å². The average molecular weight is 250 g/mol. The third-order valence-electron chi connectivity index (χ3n) is 3.67. The van der Waals surface area contributed by atoms with Crippen molar-refractivity contribution in [1.82, 2.24) is 10.6 Å². The van der Waals surface area contributed by atoms with Crippen molar-refractivity contribution in [2.45, 2.75) is 56.3 Å². The SMILES string of the molecule is O=C(CC(F)(F)F)NC1CCNC2(CCC2)C1. The molecule has 1 saturated carbocycles. The number of rotatable bonds is 2. The third kappa shape index (κ3) is 3.34. The summed E-state index contributed by atoms with van der Waals surface area (Å²) in [5, 5.41) is 5.91. The molecule has 1 spiro atoms. The summed E-state index contributed by atoms with van der Waals surface area (Å²) in [5.41, 5.74) is 0.0917. The number of carbonyl (C=O) groups excluding carboxylic acids is 1. The van der Waals surface area contributed by atoms with Gasteiger partial charge in [0.2, 0.25) is 5.91 Å². The molecule has 1 unspecified atom stereocenters. The lowest BCUT2D eigenvalue weighted by Gasteiger charge is -2.48. The summed E-state index contributed by atoms with van der Waals surface area (Å²) in [5.74, 6) is -0.904. The summed E-state index contributed by atoms with van der Waals surface area (Å²) in [6.07, 6.45) is -1.01. The minimum atomic E-state index is -4.41. The standard InChI is InChI=1S/C11H17F3N2O/c12-11(13,14)7-9(17)16-8-2-5-15-10(6-8)3-1-4-10/h8,15H,1-7H2,(H,16,17). The van der Waals surface area contributed by atoms with E-state index < -0.39 is 18.5 Å². The van der Waals surface area contributed by atoms with E-state index >= 15 is 0 Å². The average Bonchev–Trinajstić information content (AvgIpc) is 2.12. The summed E-state index contributed by atoms with van der Waals surface area (Å²) in [6, 6.07) is -0.105. The third-order valence-corrected chi connectivity index (χ3v) is 3.67. The molecule has 1 atom stereocenters. The molecule has 0 aromatic heterocycles. The van der Waals surface area contributed by atoms with Gasteiger partial charge in [-0.2, -0.15) is 13.2 Å². The lowest BCUT2D eigenvalue weighted by Crippen LogP contribution is -2.59. The van der Waals surface area contributed by atoms with E-state index in [9.17, 15) is 18.0 Å². The van der Waals surface area contributed by atoms with Crippen LogP contribution < -0.4 is 10.6 Å². The zero-order valence-corrected chi connectivity index (χ0v) is 9.57. The number of halogens is 3. The molecule has 98 valence electrons. The summed E-state index contributed by atoms with van der Waals surface area (Å²) >= 11 is 0. The highest BCUT2D eigenvalue weighted by Crippen LogP contribution is 2.38. The number of piperidine rings is 1. The molecule has 6 heteroatoms. The van der Waals surface area contributed by atoms with E-state index in [4.69, 9.17) is 0 Å². The Hall–Kier alpha value is -0.780. The van der Waals surface area contributed by atoms with Crippen LogP contribution >= 0.6 is 0 Å². The first-order valence-corrected chi connectivity index (χ1v) is 6.00. The fraction of sp³-hybridized carbons (Fsp3) is 0.909. The van der Waals surface area contributed by atoms with Crippen LogP contribution in [0.3, 0.4) is 0 Å². The molecule has 2 rings (SSSR count). The normalized spacial score (nSPS) is 27.6. The van der Waals surface area contributed by atoms with Gasteiger partial charge in [0.05, 0.1) is 0 Å². The smallest absolute Gasteiger partial charge is 0.353 e. The summed E-state index contributed by atoms with van der Waals surface area (Å²) < 4.78 is 36.0. The number of alkyl halides is 3. The molecular formula is C11H17F3N2O. The van der Waals surface area contributed by atoms with E-state index in [2.05, 4.69) is 10.6 Å². The first-order chi connectivity index (χ1) is 7.89. The van der Waals surface area contributed by atoms with Crippen molar-refractivity contribution >= 4 is 5.91 Å². The first-order valence-electron chi connectivity index (χ1n) is 6.00. The summed E-state index contributed by atoms with van der Waals surface area (Å²) in [7, 11) is 0. The van der Waals surface area contributed by atoms with Crippen molar-refractivity contribution < 1.29 is 18.0 Å². The highest BCUT2D eigenvalue weighted by molar-refractivity contribution is 5.76. The zero-order chi connectivity index (χ0) is 12.5. The number of hydrogen-bond donors (Lipinski definition) is 2. The van der Waals surface area contributed by atoms with Gasteiger partial charge >= 0.3 is 6.18 Å². The molecule has 0 radical (unpaired) electrons. The van der Waals surface area contributed by atoms with Gasteiger partial charge in [0.15, 0.2) is 0 Å². The van der Waals surface area contributed by atoms with Gasteiger partial charge in [-0.25, -0.2) is 0 Å². The van der Waals surface area contributed by atoms with Crippen LogP contribution in [0.15, 0.2) is 0 Å². The van der Waals surface area contributed by atoms with Crippen molar-refractivity contribution in [3.63, 3.8) is 0 Å². The van der Waals surface area contributed by atoms with Crippen LogP contribution in [0.2, 0.25) is 0 Å². The Kier molecular flexibility index (Phi) is 3.34. The molecule has 1 amide bonds. The van der Waals surface area contributed by atoms with Crippen molar-refractivity contribution in [3.8, 4) is 0 Å². The molecule has 0 aromatic rings. The van der Waals surface area contributed by atoms with Crippen molar-refractivity contribution in [1.29, 1.82) is 0 Å². The Morgan fingerprint density at radius 3 is 2.65 bits per heavy atom. The molecule has 2 N–H and O–H groups in total. The van der Waals surface area contributed by atoms with Gasteiger partial charge in [-0.3, -0.25) is 4.79 Å². The topological polar surface area (TPSA) is 41.1 Å². The first kappa shape index (κ1) is 12.7. The van der Waals surface area contributed by atoms with Crippen molar-refractivity contribution in [3.05, 3.63) is 0 Å². The Labute approximate surface area is 98.1 Å². The van der Waals surface area contributed by atoms with Gasteiger partial charge in [-0.05, 0) is 38.6 Å². The fourth-order valence-corrected chi connectivity index (χ4v) is 2.73. The zero-order valence-electron chi connectivity index (χ0n) is 9.57. The molecule has 3 nitrogen and oxygen atoms in total. The summed E-state index contributed by atoms with van der Waals surface area (Å²) in [6.45, 7) is 0.775. The Balaban J connectivity index is 1.80. The second-order valence-corrected chi connectivity index (χ2v) is 5.11. The Morgan fingerprint density at radius 2 is 2.12 bits per heavy atom. The molecule has 1 saturated heterocycles. The minimum absolute atomic E-state index is 0.0917. The Morgan fingerprint density at radius 1 is 1.41 bits per heavy atom. The number of hydrogen-bond acceptors (Lipinski definition) is 2. The predicted molar refractivity (Wildman–Crippen MR) is 56.4 cm³/mol. The van der Waals surface area contributed by atoms with Gasteiger partial charge in [0.25, 0.3) is 0 Å². The van der Waals surface area contributed by atoms with Crippen LogP contribution in [-0.4, -0.2) is 30.2 Å². The molecule has 1 heterocycles. The maximum Gasteiger partial charge on any atom is 0.397 e. The monoisotopic (exact) mass is 250 g/mol. The van der Waals surface area contributed by atoms with Gasteiger partial charge in [0, 0.05) is 11.6 Å². The van der Waals surface area contributed by atoms with Gasteiger partial charge < -0.3 is 10.6 Å². The number of carbonyl (C=O) groups is 1. The fourth-order valence-electron chi connectivity index (χ4n) is 2.73. The molecule has 1 aliphatic carbocycles. The van der Waals surface area contributed by atoms with Gasteiger partial charge in [-0.15, -0.1) is 0 Å². The van der Waals surface area contributed by atoms with E-state index in [1.807, 2.05) is 0 Å². The number of amides is 1. The van der Waals surface area contributed by atoms with Crippen LogP contribution in [0.4, 0.5) is 13.2 Å². The van der Waals surface area contributed by atoms with Crippen molar-refractivity contribution in [2.75, 3.05) is 6.54 Å². The predicted octanol–water partition coefficient (Wildman–Crippen LogP) is 1.73. The second-order valence-electron chi connectivity index (χ2n) is 5.11. The maximum atomic E-state index is 12.0. The highest BCUT2D eigenvalue weighted by Gasteiger charge is 2.41. The molecule has 2 aliphatic rings. The largest absolute Gasteiger partial charge is 0.397 e. The molecule has 2 fully saturated rings. The quantitative estimate of drug-likeness (QED) is 0.783. The van der Waals surface area contributed by atoms with E-state index in [0.29, 0.717) is 6.42 Å². The van der Waals surface area contributed by atoms with Crippen LogP contribution in [-0.2, 0) is 4.79 Å². The van der Waals surface area contributed by atoms with Crippen LogP contribution in [0.25, 0.3) is 0 Å². The van der Waals surface area contributed by atoms with Gasteiger partial charge in [0.1, 0.15) is 6.42 Å². The molecule has 17 heavy (non-hydrogen) atoms. The Bertz CT molecular complexity index is 300. The second kappa shape index (κ2) is 4.48. The summed E-state index contributed by atoms with van der Waals surface area (Å²) in [4.78, 5) is 11.2. The van der Waals surface area contributed by atoms with E-state index in [1.165, 1.54) is 0 Å². The molecule has 0 bridgehead atoms. The van der Waals surface area contributed by atoms with Crippen LogP contribution in [0.5, 0.6) is 0 Å². The lowest BCUT2D eigenvalue weighted by molar-refractivity contribution is -0.154. The lowest BCUT2D eigenvalue weighted by atomic mass is 9.70. The maximum absolute atomic E-state index is 12.0. The highest BCUT2D eigenvalue weighted by atomic mass is 19.4. The minimum Gasteiger partial charge on any atom is -0.353 e. The van der Waals surface area contributed by atoms with E-state index in [-0.39, 0.29) is 11.6 Å². The molecule has 1 aliphatic heterocycles. The molecule has 0 aromatic carbocycles. The van der Waals surface area contributed by atoms with Gasteiger partial charge in [-0.1, -0.05) is 0 Å². The van der Waals surface area contributed by atoms with Crippen LogP contribution in [0, 0.1) is 0 Å². The number of nitrogens with one attached hydrogen (secondary N) is 2.